The lowest BCUT2D eigenvalue weighted by molar-refractivity contribution is -0.148. The molecule has 0 saturated carbocycles. The predicted molar refractivity (Wildman–Crippen MR) is 127 cm³/mol. The standard InChI is InChI=1S/C24H22N4O5S/c29-22(28-14-34-13-21(28)23(30)31)11-27-10-15(9-25-27)26-24(32)33-12-20-18-7-3-1-5-16(18)17-6-2-4-8-19(17)20/h1-10,20-21H,11-14H2,(H,26,32)(H,30,31)/t21-/m0/s1. The van der Waals surface area contributed by atoms with Gasteiger partial charge in [-0.25, -0.2) is 9.59 Å². The molecule has 1 aliphatic heterocycles. The van der Waals surface area contributed by atoms with Gasteiger partial charge in [-0.2, -0.15) is 5.10 Å². The first-order chi connectivity index (χ1) is 16.5. The first kappa shape index (κ1) is 22.0. The molecule has 5 rings (SSSR count). The Bertz CT molecular complexity index is 1210. The van der Waals surface area contributed by atoms with E-state index in [1.54, 1.807) is 0 Å². The highest BCUT2D eigenvalue weighted by Gasteiger charge is 2.34. The molecule has 0 radical (unpaired) electrons. The number of anilines is 1. The van der Waals surface area contributed by atoms with E-state index in [0.717, 1.165) is 22.3 Å². The van der Waals surface area contributed by atoms with Gasteiger partial charge in [-0.1, -0.05) is 48.5 Å². The maximum absolute atomic E-state index is 12.5. The van der Waals surface area contributed by atoms with Gasteiger partial charge in [0.15, 0.2) is 0 Å². The fourth-order valence-electron chi connectivity index (χ4n) is 4.39. The molecule has 2 N–H and O–H groups in total. The Labute approximate surface area is 199 Å². The summed E-state index contributed by atoms with van der Waals surface area (Å²) in [6.07, 6.45) is 2.31. The molecule has 3 aromatic rings. The molecule has 2 heterocycles. The van der Waals surface area contributed by atoms with Crippen LogP contribution in [0, 0.1) is 0 Å². The van der Waals surface area contributed by atoms with Crippen molar-refractivity contribution in [3.8, 4) is 11.1 Å². The van der Waals surface area contributed by atoms with Gasteiger partial charge in [0, 0.05) is 17.9 Å². The molecule has 1 saturated heterocycles. The lowest BCUT2D eigenvalue weighted by Crippen LogP contribution is -2.43. The average Bonchev–Trinajstić information content (AvgIpc) is 3.56. The Hall–Kier alpha value is -3.79. The fraction of sp³-hybridized carbons (Fsp3) is 0.250. The zero-order valence-corrected chi connectivity index (χ0v) is 18.9. The number of amides is 2. The molecule has 0 spiro atoms. The second-order valence-electron chi connectivity index (χ2n) is 8.09. The highest BCUT2D eigenvalue weighted by Crippen LogP contribution is 2.44. The molecule has 2 amide bonds. The molecule has 0 unspecified atom stereocenters. The lowest BCUT2D eigenvalue weighted by atomic mass is 9.98. The summed E-state index contributed by atoms with van der Waals surface area (Å²) in [6.45, 7) is 0.0758. The van der Waals surface area contributed by atoms with Gasteiger partial charge in [-0.05, 0) is 22.3 Å². The van der Waals surface area contributed by atoms with E-state index in [2.05, 4.69) is 34.7 Å². The van der Waals surface area contributed by atoms with E-state index < -0.39 is 18.1 Å². The number of aliphatic carboxylic acids is 1. The van der Waals surface area contributed by atoms with Crippen molar-refractivity contribution in [1.82, 2.24) is 14.7 Å². The second-order valence-corrected chi connectivity index (χ2v) is 9.09. The van der Waals surface area contributed by atoms with E-state index in [1.165, 1.54) is 33.7 Å². The fourth-order valence-corrected chi connectivity index (χ4v) is 5.56. The Morgan fingerprint density at radius 1 is 1.09 bits per heavy atom. The summed E-state index contributed by atoms with van der Waals surface area (Å²) in [4.78, 5) is 37.5. The Kier molecular flexibility index (Phi) is 5.97. The van der Waals surface area contributed by atoms with Crippen molar-refractivity contribution in [1.29, 1.82) is 0 Å². The van der Waals surface area contributed by atoms with E-state index >= 15 is 0 Å². The highest BCUT2D eigenvalue weighted by atomic mass is 32.2. The number of carbonyl (C=O) groups is 3. The van der Waals surface area contributed by atoms with Gasteiger partial charge in [0.25, 0.3) is 0 Å². The van der Waals surface area contributed by atoms with Crippen LogP contribution in [0.4, 0.5) is 10.5 Å². The van der Waals surface area contributed by atoms with Crippen LogP contribution in [0.5, 0.6) is 0 Å². The first-order valence-corrected chi connectivity index (χ1v) is 11.9. The van der Waals surface area contributed by atoms with Crippen molar-refractivity contribution in [2.75, 3.05) is 23.6 Å². The third-order valence-corrected chi connectivity index (χ3v) is 7.02. The highest BCUT2D eigenvalue weighted by molar-refractivity contribution is 7.99. The molecule has 174 valence electrons. The molecule has 1 fully saturated rings. The summed E-state index contributed by atoms with van der Waals surface area (Å²) < 4.78 is 6.89. The van der Waals surface area contributed by atoms with Gasteiger partial charge in [0.2, 0.25) is 5.91 Å². The van der Waals surface area contributed by atoms with Gasteiger partial charge in [0.1, 0.15) is 19.2 Å². The molecule has 2 aromatic carbocycles. The number of hydrogen-bond acceptors (Lipinski definition) is 6. The van der Waals surface area contributed by atoms with E-state index in [-0.39, 0.29) is 25.0 Å². The quantitative estimate of drug-likeness (QED) is 0.559. The predicted octanol–water partition coefficient (Wildman–Crippen LogP) is 3.23. The number of hydrogen-bond donors (Lipinski definition) is 2. The summed E-state index contributed by atoms with van der Waals surface area (Å²) in [5.74, 6) is -0.694. The smallest absolute Gasteiger partial charge is 0.411 e. The molecule has 9 nitrogen and oxygen atoms in total. The minimum absolute atomic E-state index is 0.0426. The van der Waals surface area contributed by atoms with Crippen LogP contribution in [0.2, 0.25) is 0 Å². The molecule has 34 heavy (non-hydrogen) atoms. The number of fused-ring (bicyclic) bond motifs is 3. The number of ether oxygens (including phenoxy) is 1. The molecule has 0 bridgehead atoms. The molecule has 10 heteroatoms. The van der Waals surface area contributed by atoms with Gasteiger partial charge < -0.3 is 14.7 Å². The van der Waals surface area contributed by atoms with Gasteiger partial charge in [0.05, 0.1) is 17.8 Å². The summed E-state index contributed by atoms with van der Waals surface area (Å²) in [7, 11) is 0. The van der Waals surface area contributed by atoms with Crippen molar-refractivity contribution in [2.45, 2.75) is 18.5 Å². The number of thioether (sulfide) groups is 1. The summed E-state index contributed by atoms with van der Waals surface area (Å²) in [5, 5.41) is 16.0. The summed E-state index contributed by atoms with van der Waals surface area (Å²) in [6, 6.07) is 15.4. The zero-order valence-electron chi connectivity index (χ0n) is 18.1. The van der Waals surface area contributed by atoms with Gasteiger partial charge in [-0.15, -0.1) is 11.8 Å². The van der Waals surface area contributed by atoms with Gasteiger partial charge in [-0.3, -0.25) is 14.8 Å². The molecule has 1 aromatic heterocycles. The zero-order chi connectivity index (χ0) is 23.7. The number of carboxylic acids is 1. The number of rotatable bonds is 6. The minimum atomic E-state index is -1.02. The van der Waals surface area contributed by atoms with Crippen LogP contribution in [-0.4, -0.2) is 62.0 Å². The van der Waals surface area contributed by atoms with Crippen LogP contribution >= 0.6 is 11.8 Å². The van der Waals surface area contributed by atoms with E-state index in [0.29, 0.717) is 17.3 Å². The second kappa shape index (κ2) is 9.22. The Morgan fingerprint density at radius 2 is 1.76 bits per heavy atom. The number of benzene rings is 2. The average molecular weight is 479 g/mol. The number of aromatic nitrogens is 2. The molecular formula is C24H22N4O5S. The van der Waals surface area contributed by atoms with E-state index in [4.69, 9.17) is 4.74 Å². The number of nitrogens with zero attached hydrogens (tertiary/aromatic N) is 3. The SMILES string of the molecule is O=C(Nc1cnn(CC(=O)N2CSC[C@H]2C(=O)O)c1)OCC1c2ccccc2-c2ccccc21. The Balaban J connectivity index is 1.18. The molecule has 1 aliphatic carbocycles. The van der Waals surface area contributed by atoms with Crippen LogP contribution in [-0.2, 0) is 20.9 Å². The summed E-state index contributed by atoms with van der Waals surface area (Å²) in [5.41, 5.74) is 4.94. The Morgan fingerprint density at radius 3 is 2.44 bits per heavy atom. The summed E-state index contributed by atoms with van der Waals surface area (Å²) >= 11 is 1.40. The van der Waals surface area contributed by atoms with Crippen molar-refractivity contribution >= 4 is 35.4 Å². The largest absolute Gasteiger partial charge is 0.480 e. The van der Waals surface area contributed by atoms with Crippen molar-refractivity contribution < 1.29 is 24.2 Å². The van der Waals surface area contributed by atoms with Crippen molar-refractivity contribution in [3.05, 3.63) is 72.1 Å². The van der Waals surface area contributed by atoms with Crippen LogP contribution < -0.4 is 5.32 Å². The van der Waals surface area contributed by atoms with Crippen LogP contribution in [0.15, 0.2) is 60.9 Å². The number of carbonyl (C=O) groups excluding carboxylic acids is 2. The minimum Gasteiger partial charge on any atom is -0.480 e. The maximum Gasteiger partial charge on any atom is 0.411 e. The normalized spacial score (nSPS) is 16.7. The van der Waals surface area contributed by atoms with Crippen molar-refractivity contribution in [3.63, 3.8) is 0 Å². The van der Waals surface area contributed by atoms with E-state index in [1.807, 2.05) is 24.3 Å². The number of nitrogens with one attached hydrogen (secondary N) is 1. The first-order valence-electron chi connectivity index (χ1n) is 10.8. The topological polar surface area (TPSA) is 114 Å². The monoisotopic (exact) mass is 478 g/mol. The van der Waals surface area contributed by atoms with Crippen molar-refractivity contribution in [2.24, 2.45) is 0 Å². The van der Waals surface area contributed by atoms with Crippen LogP contribution in [0.1, 0.15) is 17.0 Å². The third kappa shape index (κ3) is 4.24. The van der Waals surface area contributed by atoms with Crippen LogP contribution in [0.3, 0.4) is 0 Å². The van der Waals surface area contributed by atoms with Gasteiger partial charge >= 0.3 is 12.1 Å². The molecular weight excluding hydrogens is 456 g/mol. The molecule has 2 aliphatic rings. The number of carboxylic acid groups (broad SMARTS) is 1. The lowest BCUT2D eigenvalue weighted by Gasteiger charge is -2.20. The van der Waals surface area contributed by atoms with E-state index in [9.17, 15) is 19.5 Å². The third-order valence-electron chi connectivity index (χ3n) is 6.01. The molecule has 1 atom stereocenters. The van der Waals surface area contributed by atoms with Crippen LogP contribution in [0.25, 0.3) is 11.1 Å². The maximum atomic E-state index is 12.5.